The second kappa shape index (κ2) is 10.1. The van der Waals surface area contributed by atoms with E-state index in [0.29, 0.717) is 6.61 Å². The minimum Gasteiger partial charge on any atom is -0.488 e. The summed E-state index contributed by atoms with van der Waals surface area (Å²) in [5, 5.41) is 9.33. The zero-order valence-electron chi connectivity index (χ0n) is 19.3. The molecular formula is C24H35N7O. The van der Waals surface area contributed by atoms with Gasteiger partial charge >= 0.3 is 0 Å². The second-order valence-electron chi connectivity index (χ2n) is 8.58. The monoisotopic (exact) mass is 437 g/mol. The van der Waals surface area contributed by atoms with Crippen LogP contribution < -0.4 is 9.64 Å². The van der Waals surface area contributed by atoms with Crippen molar-refractivity contribution in [3.8, 4) is 5.75 Å². The summed E-state index contributed by atoms with van der Waals surface area (Å²) in [7, 11) is 0. The third-order valence-electron chi connectivity index (χ3n) is 5.59. The summed E-state index contributed by atoms with van der Waals surface area (Å²) >= 11 is 0. The van der Waals surface area contributed by atoms with Crippen molar-refractivity contribution in [1.29, 1.82) is 0 Å². The van der Waals surface area contributed by atoms with Crippen LogP contribution in [0.15, 0.2) is 53.1 Å². The van der Waals surface area contributed by atoms with Crippen molar-refractivity contribution in [1.82, 2.24) is 19.9 Å². The van der Waals surface area contributed by atoms with Crippen molar-refractivity contribution in [2.75, 3.05) is 37.7 Å². The molecule has 1 N–H and O–H groups in total. The lowest BCUT2D eigenvalue weighted by atomic mass is 10.2. The topological polar surface area (TPSA) is 82.0 Å². The van der Waals surface area contributed by atoms with Gasteiger partial charge in [-0.25, -0.2) is 9.97 Å². The predicted molar refractivity (Wildman–Crippen MR) is 129 cm³/mol. The normalized spacial score (nSPS) is 17.2. The van der Waals surface area contributed by atoms with E-state index < -0.39 is 0 Å². The van der Waals surface area contributed by atoms with Gasteiger partial charge in [0.15, 0.2) is 17.2 Å². The summed E-state index contributed by atoms with van der Waals surface area (Å²) < 4.78 is 5.96. The number of benzene rings is 1. The maximum Gasteiger partial charge on any atom is 0.191 e. The van der Waals surface area contributed by atoms with Crippen LogP contribution in [0.4, 0.5) is 5.82 Å². The Kier molecular flexibility index (Phi) is 6.99. The highest BCUT2D eigenvalue weighted by Gasteiger charge is 2.33. The lowest BCUT2D eigenvalue weighted by Gasteiger charge is -2.35. The lowest BCUT2D eigenvalue weighted by molar-refractivity contribution is 0.244. The molecule has 0 atom stereocenters. The quantitative estimate of drug-likeness (QED) is 0.569. The fraction of sp³-hybridized carbons (Fsp3) is 0.500. The zero-order valence-corrected chi connectivity index (χ0v) is 19.3. The Morgan fingerprint density at radius 1 is 1.12 bits per heavy atom. The van der Waals surface area contributed by atoms with E-state index in [1.165, 1.54) is 23.0 Å². The van der Waals surface area contributed by atoms with E-state index in [2.05, 4.69) is 79.2 Å². The number of fused-ring (bicyclic) bond motifs is 1. The number of nitrogens with zero attached hydrogens (tertiary/aromatic N) is 6. The van der Waals surface area contributed by atoms with Crippen LogP contribution >= 0.6 is 0 Å². The van der Waals surface area contributed by atoms with Gasteiger partial charge in [-0.3, -0.25) is 4.90 Å². The van der Waals surface area contributed by atoms with Crippen molar-refractivity contribution >= 4 is 16.7 Å². The van der Waals surface area contributed by atoms with Gasteiger partial charge in [-0.05, 0) is 24.4 Å². The van der Waals surface area contributed by atoms with Crippen molar-refractivity contribution in [3.63, 3.8) is 0 Å². The molecule has 32 heavy (non-hydrogen) atoms. The number of piperazine rings is 1. The van der Waals surface area contributed by atoms with Gasteiger partial charge in [0.25, 0.3) is 0 Å². The first-order chi connectivity index (χ1) is 15.6. The van der Waals surface area contributed by atoms with Crippen LogP contribution in [0, 0.1) is 0 Å². The summed E-state index contributed by atoms with van der Waals surface area (Å²) in [5.41, 5.74) is 2.21. The first kappa shape index (κ1) is 22.2. The Morgan fingerprint density at radius 3 is 2.59 bits per heavy atom. The summed E-state index contributed by atoms with van der Waals surface area (Å²) in [4.78, 5) is 16.9. The predicted octanol–water partition coefficient (Wildman–Crippen LogP) is 4.89. The molecule has 1 saturated heterocycles. The van der Waals surface area contributed by atoms with Crippen LogP contribution in [0.25, 0.3) is 10.9 Å². The third-order valence-corrected chi connectivity index (χ3v) is 5.59. The highest BCUT2D eigenvalue weighted by molar-refractivity contribution is 5.80. The Labute approximate surface area is 191 Å². The van der Waals surface area contributed by atoms with Crippen molar-refractivity contribution in [2.45, 2.75) is 45.8 Å². The average molecular weight is 438 g/mol. The average Bonchev–Trinajstić information content (AvgIpc) is 3.39. The van der Waals surface area contributed by atoms with Crippen LogP contribution in [0.1, 0.15) is 40.7 Å². The molecule has 0 saturated carbocycles. The summed E-state index contributed by atoms with van der Waals surface area (Å²) in [6, 6.07) is 10.7. The lowest BCUT2D eigenvalue weighted by Crippen LogP contribution is -2.46. The first-order valence-electron chi connectivity index (χ1n) is 11.5. The van der Waals surface area contributed by atoms with Gasteiger partial charge in [-0.2, -0.15) is 10.2 Å². The Bertz CT molecular complexity index is 1010. The molecule has 5 rings (SSSR count). The molecule has 0 unspecified atom stereocenters. The van der Waals surface area contributed by atoms with Gasteiger partial charge in [0.05, 0.1) is 12.8 Å². The molecule has 0 aliphatic carbocycles. The van der Waals surface area contributed by atoms with E-state index in [9.17, 15) is 0 Å². The van der Waals surface area contributed by atoms with Gasteiger partial charge in [-0.15, -0.1) is 0 Å². The molecule has 8 nitrogen and oxygen atoms in total. The van der Waals surface area contributed by atoms with Gasteiger partial charge in [-0.1, -0.05) is 38.5 Å². The molecule has 2 aromatic heterocycles. The van der Waals surface area contributed by atoms with Crippen LogP contribution in [-0.2, 0) is 6.54 Å². The van der Waals surface area contributed by atoms with Crippen molar-refractivity contribution in [3.05, 3.63) is 48.5 Å². The molecule has 2 aliphatic heterocycles. The molecule has 4 heterocycles. The molecule has 0 spiro atoms. The molecular weight excluding hydrogens is 402 g/mol. The number of ether oxygens (including phenoxy) is 1. The fourth-order valence-electron chi connectivity index (χ4n) is 3.77. The molecule has 0 amide bonds. The van der Waals surface area contributed by atoms with E-state index in [4.69, 9.17) is 4.74 Å². The SMILES string of the molecule is CC1(CCOc2cncnc2N2CCN(Cc3cc4ccccc4[nH]3)CC2)N=N1.CCC.[HH]. The second-order valence-corrected chi connectivity index (χ2v) is 8.58. The minimum atomic E-state index is -0.246. The maximum atomic E-state index is 5.96. The van der Waals surface area contributed by atoms with E-state index >= 15 is 0 Å². The number of aromatic nitrogens is 3. The molecule has 8 heteroatoms. The van der Waals surface area contributed by atoms with E-state index in [1.54, 1.807) is 12.5 Å². The van der Waals surface area contributed by atoms with E-state index in [-0.39, 0.29) is 7.09 Å². The number of hydrogen-bond acceptors (Lipinski definition) is 7. The van der Waals surface area contributed by atoms with E-state index in [0.717, 1.165) is 50.7 Å². The fourth-order valence-corrected chi connectivity index (χ4v) is 3.77. The largest absolute Gasteiger partial charge is 0.488 e. The van der Waals surface area contributed by atoms with Crippen molar-refractivity contribution in [2.24, 2.45) is 10.2 Å². The van der Waals surface area contributed by atoms with Gasteiger partial charge < -0.3 is 14.6 Å². The van der Waals surface area contributed by atoms with Crippen molar-refractivity contribution < 1.29 is 6.16 Å². The molecule has 1 aromatic carbocycles. The molecule has 3 aromatic rings. The van der Waals surface area contributed by atoms with Crippen LogP contribution in [0.2, 0.25) is 0 Å². The van der Waals surface area contributed by atoms with Gasteiger partial charge in [0.1, 0.15) is 6.33 Å². The van der Waals surface area contributed by atoms with Gasteiger partial charge in [0, 0.05) is 51.8 Å². The highest BCUT2D eigenvalue weighted by atomic mass is 16.5. The number of anilines is 1. The Morgan fingerprint density at radius 2 is 1.88 bits per heavy atom. The van der Waals surface area contributed by atoms with Crippen LogP contribution in [0.3, 0.4) is 0 Å². The Hall–Kier alpha value is -3.00. The number of aromatic amines is 1. The number of rotatable bonds is 7. The summed E-state index contributed by atoms with van der Waals surface area (Å²) in [6.45, 7) is 11.5. The molecule has 172 valence electrons. The van der Waals surface area contributed by atoms with Crippen LogP contribution in [-0.4, -0.2) is 58.3 Å². The zero-order chi connectivity index (χ0) is 22.4. The molecule has 0 radical (unpaired) electrons. The first-order valence-corrected chi connectivity index (χ1v) is 11.5. The number of H-pyrrole nitrogens is 1. The standard InChI is InChI=1S/C21H25N7O.C3H8.H2/c1-21(25-26-21)6-11-29-19-13-22-15-23-20(19)28-9-7-27(8-10-28)14-17-12-16-4-2-3-5-18(16)24-17;1-3-2;/h2-5,12-13,15,24H,6-11,14H2,1H3;3H2,1-2H3;1H. The van der Waals surface area contributed by atoms with Crippen LogP contribution in [0.5, 0.6) is 5.75 Å². The summed E-state index contributed by atoms with van der Waals surface area (Å²) in [5.74, 6) is 1.61. The number of para-hydroxylation sites is 1. The number of nitrogens with one attached hydrogen (secondary N) is 1. The Balaban J connectivity index is 0.000000728. The minimum absolute atomic E-state index is 0. The van der Waals surface area contributed by atoms with E-state index in [1.807, 2.05) is 6.92 Å². The third kappa shape index (κ3) is 5.62. The molecule has 1 fully saturated rings. The molecule has 2 aliphatic rings. The number of hydrogen-bond donors (Lipinski definition) is 1. The highest BCUT2D eigenvalue weighted by Crippen LogP contribution is 2.32. The maximum absolute atomic E-state index is 5.96. The van der Waals surface area contributed by atoms with Gasteiger partial charge in [0.2, 0.25) is 0 Å². The molecule has 0 bridgehead atoms. The summed E-state index contributed by atoms with van der Waals surface area (Å²) in [6.07, 6.45) is 5.37. The smallest absolute Gasteiger partial charge is 0.191 e.